The summed E-state index contributed by atoms with van der Waals surface area (Å²) in [6, 6.07) is 2.89. The van der Waals surface area contributed by atoms with Crippen LogP contribution in [0.4, 0.5) is 21.8 Å². The summed E-state index contributed by atoms with van der Waals surface area (Å²) in [7, 11) is 1.90. The number of hydrogen-bond donors (Lipinski definition) is 2. The summed E-state index contributed by atoms with van der Waals surface area (Å²) in [5.74, 6) is 1.93. The number of carbonyl (C=O) groups is 1. The fourth-order valence-electron chi connectivity index (χ4n) is 4.11. The van der Waals surface area contributed by atoms with Crippen LogP contribution in [-0.4, -0.2) is 46.6 Å². The van der Waals surface area contributed by atoms with Crippen LogP contribution in [0.15, 0.2) is 18.3 Å². The lowest BCUT2D eigenvalue weighted by atomic mass is 9.81. The number of carbonyl (C=O) groups excluding carboxylic acids is 1. The Morgan fingerprint density at radius 1 is 1.33 bits per heavy atom. The molecule has 0 radical (unpaired) electrons. The maximum Gasteiger partial charge on any atom is 0.247 e. The Morgan fingerprint density at radius 2 is 2.10 bits per heavy atom. The highest BCUT2D eigenvalue weighted by Crippen LogP contribution is 2.35. The number of halogens is 1. The van der Waals surface area contributed by atoms with Crippen molar-refractivity contribution in [2.75, 3.05) is 29.2 Å². The molecule has 1 atom stereocenters. The third-order valence-electron chi connectivity index (χ3n) is 5.73. The number of pyridine rings is 1. The zero-order valence-corrected chi connectivity index (χ0v) is 17.6. The van der Waals surface area contributed by atoms with Crippen LogP contribution in [-0.2, 0) is 4.79 Å². The van der Waals surface area contributed by atoms with E-state index in [2.05, 4.69) is 25.6 Å². The van der Waals surface area contributed by atoms with Gasteiger partial charge in [0.2, 0.25) is 17.8 Å². The molecule has 1 unspecified atom stereocenters. The van der Waals surface area contributed by atoms with Crippen LogP contribution < -0.4 is 20.3 Å². The van der Waals surface area contributed by atoms with Crippen LogP contribution >= 0.6 is 0 Å². The Labute approximate surface area is 175 Å². The molecular formula is C21H27FN6O2. The largest absolute Gasteiger partial charge is 0.492 e. The smallest absolute Gasteiger partial charge is 0.247 e. The molecule has 0 spiro atoms. The van der Waals surface area contributed by atoms with Gasteiger partial charge >= 0.3 is 0 Å². The lowest BCUT2D eigenvalue weighted by molar-refractivity contribution is -0.118. The standard InChI is InChI=1S/C21H27FN6O2/c1-11(2)18-20(29)26-17-12(3)24-21(27-19(17)28(18)4)25-14-7-13(8-14)10-30-15-5-6-16(22)23-9-15/h5-6,9,11,13-14,18H,7-8,10H2,1-4H3,(H,26,29)(H,24,25,27)/t13-,14+,18?. The Bertz CT molecular complexity index is 930. The van der Waals surface area contributed by atoms with Gasteiger partial charge in [-0.3, -0.25) is 4.79 Å². The van der Waals surface area contributed by atoms with E-state index in [9.17, 15) is 9.18 Å². The Balaban J connectivity index is 1.36. The number of rotatable bonds is 6. The van der Waals surface area contributed by atoms with Crippen molar-refractivity contribution in [1.82, 2.24) is 15.0 Å². The summed E-state index contributed by atoms with van der Waals surface area (Å²) in [4.78, 5) is 27.2. The number of amides is 1. The molecule has 1 fully saturated rings. The summed E-state index contributed by atoms with van der Waals surface area (Å²) >= 11 is 0. The molecule has 9 heteroatoms. The van der Waals surface area contributed by atoms with Gasteiger partial charge in [-0.05, 0) is 43.7 Å². The van der Waals surface area contributed by atoms with E-state index in [4.69, 9.17) is 4.74 Å². The van der Waals surface area contributed by atoms with Gasteiger partial charge < -0.3 is 20.3 Å². The first kappa shape index (κ1) is 20.3. The van der Waals surface area contributed by atoms with Crippen molar-refractivity contribution in [2.24, 2.45) is 11.8 Å². The van der Waals surface area contributed by atoms with Crippen LogP contribution in [0.25, 0.3) is 0 Å². The monoisotopic (exact) mass is 414 g/mol. The summed E-state index contributed by atoms with van der Waals surface area (Å²) in [6.45, 7) is 6.50. The zero-order chi connectivity index (χ0) is 21.4. The molecule has 8 nitrogen and oxygen atoms in total. The fourth-order valence-corrected chi connectivity index (χ4v) is 4.11. The molecule has 2 N–H and O–H groups in total. The highest BCUT2D eigenvalue weighted by Gasteiger charge is 2.36. The first-order chi connectivity index (χ1) is 14.3. The minimum atomic E-state index is -0.513. The van der Waals surface area contributed by atoms with Crippen molar-refractivity contribution >= 4 is 23.4 Å². The summed E-state index contributed by atoms with van der Waals surface area (Å²) < 4.78 is 18.5. The van der Waals surface area contributed by atoms with Crippen LogP contribution in [0.1, 0.15) is 32.4 Å². The Morgan fingerprint density at radius 3 is 2.77 bits per heavy atom. The van der Waals surface area contributed by atoms with E-state index >= 15 is 0 Å². The number of nitrogens with zero attached hydrogens (tertiary/aromatic N) is 4. The van der Waals surface area contributed by atoms with Crippen molar-refractivity contribution in [2.45, 2.75) is 45.7 Å². The van der Waals surface area contributed by atoms with Gasteiger partial charge in [0.15, 0.2) is 5.82 Å². The van der Waals surface area contributed by atoms with Gasteiger partial charge in [0.1, 0.15) is 17.5 Å². The number of anilines is 3. The minimum absolute atomic E-state index is 0.0226. The summed E-state index contributed by atoms with van der Waals surface area (Å²) in [5.41, 5.74) is 1.42. The molecule has 1 saturated carbocycles. The lowest BCUT2D eigenvalue weighted by Gasteiger charge is -2.38. The third kappa shape index (κ3) is 4.01. The topological polar surface area (TPSA) is 92.3 Å². The minimum Gasteiger partial charge on any atom is -0.492 e. The van der Waals surface area contributed by atoms with Gasteiger partial charge in [0.05, 0.1) is 18.5 Å². The van der Waals surface area contributed by atoms with Crippen molar-refractivity contribution < 1.29 is 13.9 Å². The number of nitrogens with one attached hydrogen (secondary N) is 2. The molecule has 30 heavy (non-hydrogen) atoms. The second-order valence-electron chi connectivity index (χ2n) is 8.43. The van der Waals surface area contributed by atoms with E-state index in [0.717, 1.165) is 24.4 Å². The molecule has 2 aromatic rings. The van der Waals surface area contributed by atoms with E-state index in [1.54, 1.807) is 6.07 Å². The number of likely N-dealkylation sites (N-methyl/N-ethyl adjacent to an activating group) is 1. The van der Waals surface area contributed by atoms with Crippen molar-refractivity contribution in [3.05, 3.63) is 30.0 Å². The average Bonchev–Trinajstić information content (AvgIpc) is 2.65. The quantitative estimate of drug-likeness (QED) is 0.702. The van der Waals surface area contributed by atoms with Crippen LogP contribution in [0.2, 0.25) is 0 Å². The van der Waals surface area contributed by atoms with E-state index in [-0.39, 0.29) is 23.9 Å². The van der Waals surface area contributed by atoms with Gasteiger partial charge in [-0.2, -0.15) is 9.37 Å². The normalized spacial score (nSPS) is 22.9. The van der Waals surface area contributed by atoms with Crippen LogP contribution in [0.3, 0.4) is 0 Å². The summed E-state index contributed by atoms with van der Waals surface area (Å²) in [6.07, 6.45) is 3.28. The number of hydrogen-bond acceptors (Lipinski definition) is 7. The molecule has 4 rings (SSSR count). The van der Waals surface area contributed by atoms with Gasteiger partial charge in [0.25, 0.3) is 0 Å². The Kier molecular flexibility index (Phi) is 5.44. The summed E-state index contributed by atoms with van der Waals surface area (Å²) in [5, 5.41) is 6.36. The molecule has 0 saturated heterocycles. The third-order valence-corrected chi connectivity index (χ3v) is 5.73. The first-order valence-corrected chi connectivity index (χ1v) is 10.2. The lowest BCUT2D eigenvalue weighted by Crippen LogP contribution is -2.50. The van der Waals surface area contributed by atoms with Crippen LogP contribution in [0, 0.1) is 24.7 Å². The van der Waals surface area contributed by atoms with Crippen molar-refractivity contribution in [3.8, 4) is 5.75 Å². The number of ether oxygens (including phenoxy) is 1. The van der Waals surface area contributed by atoms with E-state index in [0.29, 0.717) is 29.9 Å². The predicted octanol–water partition coefficient (Wildman–Crippen LogP) is 3.00. The molecule has 160 valence electrons. The molecule has 1 amide bonds. The second kappa shape index (κ2) is 8.04. The molecule has 2 aliphatic rings. The Hall–Kier alpha value is -2.97. The highest BCUT2D eigenvalue weighted by molar-refractivity contribution is 6.03. The second-order valence-corrected chi connectivity index (χ2v) is 8.43. The molecule has 0 bridgehead atoms. The number of aryl methyl sites for hydroxylation is 1. The van der Waals surface area contributed by atoms with E-state index < -0.39 is 5.95 Å². The molecule has 1 aliphatic heterocycles. The molecule has 1 aliphatic carbocycles. The van der Waals surface area contributed by atoms with E-state index in [1.165, 1.54) is 12.3 Å². The predicted molar refractivity (Wildman–Crippen MR) is 112 cm³/mol. The zero-order valence-electron chi connectivity index (χ0n) is 17.6. The first-order valence-electron chi connectivity index (χ1n) is 10.2. The van der Waals surface area contributed by atoms with Crippen molar-refractivity contribution in [1.29, 1.82) is 0 Å². The van der Waals surface area contributed by atoms with Crippen molar-refractivity contribution in [3.63, 3.8) is 0 Å². The average molecular weight is 414 g/mol. The molecule has 2 aromatic heterocycles. The SMILES string of the molecule is Cc1nc(N[C@H]2C[C@@H](COc3ccc(F)nc3)C2)nc2c1NC(=O)C(C(C)C)N2C. The maximum atomic E-state index is 12.8. The van der Waals surface area contributed by atoms with Gasteiger partial charge in [-0.15, -0.1) is 0 Å². The maximum absolute atomic E-state index is 12.8. The van der Waals surface area contributed by atoms with Gasteiger partial charge in [0, 0.05) is 13.1 Å². The molecular weight excluding hydrogens is 387 g/mol. The number of fused-ring (bicyclic) bond motifs is 1. The fraction of sp³-hybridized carbons (Fsp3) is 0.524. The molecule has 0 aromatic carbocycles. The van der Waals surface area contributed by atoms with Gasteiger partial charge in [-0.1, -0.05) is 13.8 Å². The number of aromatic nitrogens is 3. The highest BCUT2D eigenvalue weighted by atomic mass is 19.1. The molecule has 3 heterocycles. The van der Waals surface area contributed by atoms with E-state index in [1.807, 2.05) is 32.7 Å². The van der Waals surface area contributed by atoms with Gasteiger partial charge in [-0.25, -0.2) is 9.97 Å². The van der Waals surface area contributed by atoms with Crippen LogP contribution in [0.5, 0.6) is 5.75 Å².